The number of nitrogens with zero attached hydrogens (tertiary/aromatic N) is 4. The van der Waals surface area contributed by atoms with E-state index in [1.54, 1.807) is 28.2 Å². The van der Waals surface area contributed by atoms with Gasteiger partial charge in [-0.25, -0.2) is 0 Å². The number of carboxylic acid groups (broad SMARTS) is 2. The number of hydrogen-bond acceptors (Lipinski definition) is 8. The van der Waals surface area contributed by atoms with E-state index < -0.39 is 23.8 Å². The molecule has 4 aromatic rings. The molecule has 384 valence electrons. The van der Waals surface area contributed by atoms with Gasteiger partial charge in [-0.3, -0.25) is 19.2 Å². The Morgan fingerprint density at radius 3 is 1.35 bits per heavy atom. The fourth-order valence-corrected chi connectivity index (χ4v) is 12.5. The molecule has 72 heavy (non-hydrogen) atoms. The first-order valence-electron chi connectivity index (χ1n) is 26.0. The predicted molar refractivity (Wildman–Crippen MR) is 282 cm³/mol. The van der Waals surface area contributed by atoms with Crippen molar-refractivity contribution in [2.75, 3.05) is 77.4 Å². The van der Waals surface area contributed by atoms with Crippen molar-refractivity contribution in [3.8, 4) is 11.5 Å². The van der Waals surface area contributed by atoms with E-state index in [1.807, 2.05) is 48.5 Å². The van der Waals surface area contributed by atoms with Crippen LogP contribution >= 0.6 is 23.2 Å². The number of benzene rings is 4. The van der Waals surface area contributed by atoms with E-state index in [9.17, 15) is 29.4 Å². The van der Waals surface area contributed by atoms with Crippen LogP contribution in [-0.4, -0.2) is 111 Å². The first-order valence-corrected chi connectivity index (χ1v) is 26.7. The van der Waals surface area contributed by atoms with Crippen molar-refractivity contribution in [1.82, 2.24) is 9.80 Å². The molecule has 4 aromatic carbocycles. The van der Waals surface area contributed by atoms with E-state index in [4.69, 9.17) is 32.7 Å². The van der Waals surface area contributed by atoms with Crippen LogP contribution in [0.25, 0.3) is 0 Å². The average Bonchev–Trinajstić information content (AvgIpc) is 3.57. The van der Waals surface area contributed by atoms with Crippen molar-refractivity contribution in [2.24, 2.45) is 11.8 Å². The highest BCUT2D eigenvalue weighted by Gasteiger charge is 2.44. The molecule has 14 heteroatoms. The van der Waals surface area contributed by atoms with E-state index in [1.165, 1.54) is 70.6 Å². The molecule has 2 fully saturated rings. The lowest BCUT2D eigenvalue weighted by atomic mass is 9.70. The van der Waals surface area contributed by atoms with E-state index in [0.29, 0.717) is 36.2 Å². The number of carboxylic acids is 2. The van der Waals surface area contributed by atoms with Gasteiger partial charge in [-0.05, 0) is 158 Å². The van der Waals surface area contributed by atoms with Gasteiger partial charge in [0.05, 0.1) is 36.4 Å². The first-order chi connectivity index (χ1) is 34.5. The van der Waals surface area contributed by atoms with Crippen LogP contribution in [0.4, 0.5) is 11.4 Å². The predicted octanol–water partition coefficient (Wildman–Crippen LogP) is 10.5. The van der Waals surface area contributed by atoms with Crippen LogP contribution in [-0.2, 0) is 42.8 Å². The molecule has 2 spiro atoms. The third kappa shape index (κ3) is 10.9. The average molecular weight is 1020 g/mol. The van der Waals surface area contributed by atoms with Gasteiger partial charge < -0.3 is 39.3 Å². The Balaban J connectivity index is 0.000000178. The number of fused-ring (bicyclic) bond motifs is 6. The zero-order valence-electron chi connectivity index (χ0n) is 42.3. The molecule has 0 aromatic heterocycles. The maximum Gasteiger partial charge on any atom is 0.311 e. The molecule has 6 aliphatic rings. The second-order valence-electron chi connectivity index (χ2n) is 22.0. The molecule has 4 atom stereocenters. The smallest absolute Gasteiger partial charge is 0.311 e. The summed E-state index contributed by atoms with van der Waals surface area (Å²) in [6, 6.07) is 23.9. The number of aliphatic carboxylic acids is 2. The quantitative estimate of drug-likeness (QED) is 0.141. The molecule has 2 N–H and O–H groups in total. The molecular weight excluding hydrogens is 952 g/mol. The molecule has 10 rings (SSSR count). The summed E-state index contributed by atoms with van der Waals surface area (Å²) in [4.78, 5) is 56.9. The summed E-state index contributed by atoms with van der Waals surface area (Å²) in [5, 5.41) is 21.5. The number of aryl methyl sites for hydroxylation is 2. The second-order valence-corrected chi connectivity index (χ2v) is 22.9. The number of hydrogen-bond donors (Lipinski definition) is 2. The number of amides is 2. The van der Waals surface area contributed by atoms with Gasteiger partial charge in [0.2, 0.25) is 11.8 Å². The van der Waals surface area contributed by atoms with Crippen molar-refractivity contribution in [3.63, 3.8) is 0 Å². The SMILES string of the molecule is CN(C)C(=O)C[C@@H](C(=O)O)c1ccc2c(c1)N(CC1CCC1)C[C@@]1(CCCc3cc(Cl)ccc31)CO2.CN(C)C(=O)C[C@H](C(=O)O)c1ccc2c(c1)N(CC1CCC1)C[C@@]1(CCCc3cc(Cl)ccc31)CO2. The van der Waals surface area contributed by atoms with Crippen molar-refractivity contribution in [1.29, 1.82) is 0 Å². The Labute approximate surface area is 434 Å². The van der Waals surface area contributed by atoms with Gasteiger partial charge in [0.1, 0.15) is 11.5 Å². The lowest BCUT2D eigenvalue weighted by molar-refractivity contribution is -0.142. The van der Waals surface area contributed by atoms with Crippen LogP contribution in [0.2, 0.25) is 10.0 Å². The van der Waals surface area contributed by atoms with Crippen molar-refractivity contribution >= 4 is 58.3 Å². The Bertz CT molecular complexity index is 2500. The largest absolute Gasteiger partial charge is 0.490 e. The van der Waals surface area contributed by atoms with Crippen LogP contribution in [0.1, 0.15) is 122 Å². The molecule has 2 amide bonds. The lowest BCUT2D eigenvalue weighted by Gasteiger charge is -2.42. The molecule has 0 unspecified atom stereocenters. The molecule has 0 bridgehead atoms. The topological polar surface area (TPSA) is 140 Å². The minimum Gasteiger partial charge on any atom is -0.490 e. The summed E-state index contributed by atoms with van der Waals surface area (Å²) in [5.74, 6) is -1.31. The van der Waals surface area contributed by atoms with E-state index in [-0.39, 0.29) is 35.5 Å². The maximum absolute atomic E-state index is 12.4. The highest BCUT2D eigenvalue weighted by molar-refractivity contribution is 6.31. The van der Waals surface area contributed by atoms with Crippen molar-refractivity contribution in [2.45, 2.75) is 113 Å². The standard InChI is InChI=1S/2C29H35ClN2O4/c2*1-31(2)27(33)15-23(28(34)35)20-8-11-26-25(14-20)32(16-19-5-3-6-19)17-29(18-36-26)12-4-7-21-13-22(30)9-10-24(21)29/h2*8-11,13-14,19,23H,3-7,12,15-18H2,1-2H3,(H,34,35)/t23-,29+;23-,29-/m10/s1. The molecular formula is C58H70Cl2N4O8. The third-order valence-electron chi connectivity index (χ3n) is 16.7. The van der Waals surface area contributed by atoms with E-state index in [0.717, 1.165) is 97.6 Å². The maximum atomic E-state index is 12.4. The molecule has 2 heterocycles. The zero-order chi connectivity index (χ0) is 50.9. The van der Waals surface area contributed by atoms with Crippen LogP contribution in [0, 0.1) is 11.8 Å². The Morgan fingerprint density at radius 1 is 0.597 bits per heavy atom. The number of anilines is 2. The summed E-state index contributed by atoms with van der Waals surface area (Å²) >= 11 is 12.7. The fourth-order valence-electron chi connectivity index (χ4n) is 12.1. The van der Waals surface area contributed by atoms with Gasteiger partial charge in [-0.15, -0.1) is 0 Å². The zero-order valence-corrected chi connectivity index (χ0v) is 43.8. The number of rotatable bonds is 12. The van der Waals surface area contributed by atoms with Gasteiger partial charge >= 0.3 is 11.9 Å². The van der Waals surface area contributed by atoms with Crippen LogP contribution in [0.5, 0.6) is 11.5 Å². The summed E-state index contributed by atoms with van der Waals surface area (Å²) in [5.41, 5.74) is 8.15. The molecule has 2 saturated carbocycles. The van der Waals surface area contributed by atoms with Crippen LogP contribution in [0.15, 0.2) is 72.8 Å². The molecule has 0 radical (unpaired) electrons. The number of ether oxygens (including phenoxy) is 2. The minimum atomic E-state index is -0.986. The molecule has 4 aliphatic carbocycles. The Kier molecular flexibility index (Phi) is 15.4. The van der Waals surface area contributed by atoms with E-state index >= 15 is 0 Å². The van der Waals surface area contributed by atoms with Gasteiger partial charge in [-0.2, -0.15) is 0 Å². The summed E-state index contributed by atoms with van der Waals surface area (Å²) in [7, 11) is 6.62. The van der Waals surface area contributed by atoms with Crippen molar-refractivity contribution in [3.05, 3.63) is 116 Å². The highest BCUT2D eigenvalue weighted by atomic mass is 35.5. The summed E-state index contributed by atoms with van der Waals surface area (Å²) in [6.07, 6.45) is 13.6. The second kappa shape index (κ2) is 21.6. The van der Waals surface area contributed by atoms with Gasteiger partial charge in [0.15, 0.2) is 0 Å². The van der Waals surface area contributed by atoms with Crippen LogP contribution < -0.4 is 19.3 Å². The lowest BCUT2D eigenvalue weighted by Crippen LogP contribution is -2.47. The van der Waals surface area contributed by atoms with Crippen molar-refractivity contribution < 1.29 is 38.9 Å². The monoisotopic (exact) mass is 1020 g/mol. The normalized spacial score (nSPS) is 22.0. The Morgan fingerprint density at radius 2 is 1.00 bits per heavy atom. The van der Waals surface area contributed by atoms with E-state index in [2.05, 4.69) is 34.1 Å². The third-order valence-corrected chi connectivity index (χ3v) is 17.2. The molecule has 0 saturated heterocycles. The summed E-state index contributed by atoms with van der Waals surface area (Å²) in [6.45, 7) is 4.66. The Hall–Kier alpha value is -5.46. The van der Waals surface area contributed by atoms with Gasteiger partial charge in [0, 0.05) is 88.1 Å². The number of carbonyl (C=O) groups is 4. The first kappa shape index (κ1) is 51.4. The number of carbonyl (C=O) groups excluding carboxylic acids is 2. The number of halogens is 2. The molecule has 12 nitrogen and oxygen atoms in total. The highest BCUT2D eigenvalue weighted by Crippen LogP contribution is 2.48. The summed E-state index contributed by atoms with van der Waals surface area (Å²) < 4.78 is 13.0. The molecule has 2 aliphatic heterocycles. The van der Waals surface area contributed by atoms with Gasteiger partial charge in [0.25, 0.3) is 0 Å². The minimum absolute atomic E-state index is 0.0668. The van der Waals surface area contributed by atoms with Gasteiger partial charge in [-0.1, -0.05) is 60.3 Å². The van der Waals surface area contributed by atoms with Crippen LogP contribution in [0.3, 0.4) is 0 Å². The fraction of sp³-hybridized carbons (Fsp3) is 0.517.